The average Bonchev–Trinajstić information content (AvgIpc) is 2.70. The third-order valence-electron chi connectivity index (χ3n) is 4.19. The molecule has 7 heteroatoms. The van der Waals surface area contributed by atoms with Gasteiger partial charge in [0.25, 0.3) is 0 Å². The van der Waals surface area contributed by atoms with Crippen LogP contribution in [-0.2, 0) is 16.0 Å². The van der Waals surface area contributed by atoms with E-state index in [9.17, 15) is 0 Å². The zero-order valence-electron chi connectivity index (χ0n) is 16.0. The van der Waals surface area contributed by atoms with Gasteiger partial charge in [0.15, 0.2) is 5.96 Å². The molecule has 0 spiro atoms. The first-order chi connectivity index (χ1) is 12.8. The number of methoxy groups -OCH3 is 1. The number of anilines is 1. The highest BCUT2D eigenvalue weighted by Crippen LogP contribution is 2.19. The van der Waals surface area contributed by atoms with Gasteiger partial charge in [-0.3, -0.25) is 4.99 Å². The second kappa shape index (κ2) is 12.8. The zero-order chi connectivity index (χ0) is 18.5. The summed E-state index contributed by atoms with van der Waals surface area (Å²) in [6.07, 6.45) is 0.938. The maximum Gasteiger partial charge on any atom is 0.191 e. The molecule has 0 saturated carbocycles. The molecule has 0 aliphatic carbocycles. The van der Waals surface area contributed by atoms with Crippen molar-refractivity contribution >= 4 is 23.4 Å². The van der Waals surface area contributed by atoms with Gasteiger partial charge in [-0.05, 0) is 24.1 Å². The van der Waals surface area contributed by atoms with Gasteiger partial charge in [0, 0.05) is 64.1 Å². The van der Waals surface area contributed by atoms with Crippen LogP contribution in [-0.4, -0.2) is 71.1 Å². The SMILES string of the molecule is CN=C(NCCCOCCOC)NCc1ccc(N2CCSCC2)cc1. The Morgan fingerprint density at radius 1 is 1.12 bits per heavy atom. The third-order valence-corrected chi connectivity index (χ3v) is 5.13. The molecule has 1 aromatic rings. The van der Waals surface area contributed by atoms with Crippen molar-refractivity contribution in [3.8, 4) is 0 Å². The molecule has 0 unspecified atom stereocenters. The molecular weight excluding hydrogens is 348 g/mol. The fourth-order valence-corrected chi connectivity index (χ4v) is 3.58. The molecule has 146 valence electrons. The van der Waals surface area contributed by atoms with Gasteiger partial charge in [-0.25, -0.2) is 0 Å². The standard InChI is InChI=1S/C19H32N4O2S/c1-20-19(21-8-3-11-25-13-12-24-2)22-16-17-4-6-18(7-5-17)23-9-14-26-15-10-23/h4-7H,3,8-16H2,1-2H3,(H2,20,21,22). The summed E-state index contributed by atoms with van der Waals surface area (Å²) in [4.78, 5) is 6.73. The first-order valence-electron chi connectivity index (χ1n) is 9.26. The van der Waals surface area contributed by atoms with Crippen molar-refractivity contribution in [2.45, 2.75) is 13.0 Å². The number of benzene rings is 1. The third kappa shape index (κ3) is 7.85. The summed E-state index contributed by atoms with van der Waals surface area (Å²) in [7, 11) is 3.48. The van der Waals surface area contributed by atoms with E-state index in [1.807, 2.05) is 11.8 Å². The van der Waals surface area contributed by atoms with E-state index < -0.39 is 0 Å². The molecule has 0 amide bonds. The highest BCUT2D eigenvalue weighted by Gasteiger charge is 2.10. The summed E-state index contributed by atoms with van der Waals surface area (Å²) in [6.45, 7) is 5.91. The van der Waals surface area contributed by atoms with E-state index in [1.54, 1.807) is 14.2 Å². The Morgan fingerprint density at radius 2 is 1.88 bits per heavy atom. The van der Waals surface area contributed by atoms with Crippen molar-refractivity contribution < 1.29 is 9.47 Å². The fourth-order valence-electron chi connectivity index (χ4n) is 2.68. The van der Waals surface area contributed by atoms with Crippen molar-refractivity contribution in [3.05, 3.63) is 29.8 Å². The minimum absolute atomic E-state index is 0.645. The number of guanidine groups is 1. The topological polar surface area (TPSA) is 58.1 Å². The van der Waals surface area contributed by atoms with Gasteiger partial charge < -0.3 is 25.0 Å². The Labute approximate surface area is 161 Å². The van der Waals surface area contributed by atoms with E-state index in [4.69, 9.17) is 9.47 Å². The Morgan fingerprint density at radius 3 is 2.58 bits per heavy atom. The molecule has 0 atom stereocenters. The van der Waals surface area contributed by atoms with Crippen molar-refractivity contribution in [2.75, 3.05) is 70.0 Å². The summed E-state index contributed by atoms with van der Waals surface area (Å²) in [5, 5.41) is 6.67. The normalized spacial score (nSPS) is 15.2. The van der Waals surface area contributed by atoms with Gasteiger partial charge in [-0.15, -0.1) is 0 Å². The predicted octanol–water partition coefficient (Wildman–Crippen LogP) is 1.96. The van der Waals surface area contributed by atoms with Crippen LogP contribution in [0.3, 0.4) is 0 Å². The molecular formula is C19H32N4O2S. The highest BCUT2D eigenvalue weighted by atomic mass is 32.2. The summed E-state index contributed by atoms with van der Waals surface area (Å²) in [6, 6.07) is 8.84. The van der Waals surface area contributed by atoms with Gasteiger partial charge in [-0.1, -0.05) is 12.1 Å². The van der Waals surface area contributed by atoms with Gasteiger partial charge in [0.2, 0.25) is 0 Å². The summed E-state index contributed by atoms with van der Waals surface area (Å²) in [5.41, 5.74) is 2.58. The van der Waals surface area contributed by atoms with Crippen LogP contribution >= 0.6 is 11.8 Å². The molecule has 0 radical (unpaired) electrons. The van der Waals surface area contributed by atoms with Gasteiger partial charge in [-0.2, -0.15) is 11.8 Å². The minimum Gasteiger partial charge on any atom is -0.382 e. The summed E-state index contributed by atoms with van der Waals surface area (Å²) < 4.78 is 10.4. The van der Waals surface area contributed by atoms with Gasteiger partial charge in [0.1, 0.15) is 0 Å². The van der Waals surface area contributed by atoms with Crippen molar-refractivity contribution in [1.29, 1.82) is 0 Å². The van der Waals surface area contributed by atoms with Crippen molar-refractivity contribution in [2.24, 2.45) is 4.99 Å². The number of ether oxygens (including phenoxy) is 2. The van der Waals surface area contributed by atoms with Crippen LogP contribution in [0.5, 0.6) is 0 Å². The average molecular weight is 381 g/mol. The van der Waals surface area contributed by atoms with E-state index >= 15 is 0 Å². The lowest BCUT2D eigenvalue weighted by Gasteiger charge is -2.28. The molecule has 0 aromatic heterocycles. The Kier molecular flexibility index (Phi) is 10.3. The van der Waals surface area contributed by atoms with Crippen molar-refractivity contribution in [3.63, 3.8) is 0 Å². The lowest BCUT2D eigenvalue weighted by molar-refractivity contribution is 0.0698. The maximum atomic E-state index is 5.45. The maximum absolute atomic E-state index is 5.45. The molecule has 1 heterocycles. The monoisotopic (exact) mass is 380 g/mol. The number of rotatable bonds is 10. The number of nitrogens with one attached hydrogen (secondary N) is 2. The lowest BCUT2D eigenvalue weighted by Crippen LogP contribution is -2.37. The van der Waals surface area contributed by atoms with Crippen LogP contribution < -0.4 is 15.5 Å². The highest BCUT2D eigenvalue weighted by molar-refractivity contribution is 7.99. The van der Waals surface area contributed by atoms with Crippen LogP contribution in [0.4, 0.5) is 5.69 Å². The fraction of sp³-hybridized carbons (Fsp3) is 0.632. The van der Waals surface area contributed by atoms with Crippen LogP contribution in [0, 0.1) is 0 Å². The second-order valence-corrected chi connectivity index (χ2v) is 7.30. The molecule has 1 aliphatic heterocycles. The molecule has 1 fully saturated rings. The largest absolute Gasteiger partial charge is 0.382 e. The number of thioether (sulfide) groups is 1. The van der Waals surface area contributed by atoms with E-state index in [1.165, 1.54) is 22.8 Å². The number of aliphatic imine (C=N–C) groups is 1. The molecule has 1 aromatic carbocycles. The first-order valence-corrected chi connectivity index (χ1v) is 10.4. The van der Waals surface area contributed by atoms with E-state index in [-0.39, 0.29) is 0 Å². The molecule has 2 rings (SSSR count). The number of hydrogen-bond acceptors (Lipinski definition) is 5. The van der Waals surface area contributed by atoms with Gasteiger partial charge in [0.05, 0.1) is 13.2 Å². The summed E-state index contributed by atoms with van der Waals surface area (Å²) >= 11 is 2.04. The number of nitrogens with zero attached hydrogens (tertiary/aromatic N) is 2. The molecule has 26 heavy (non-hydrogen) atoms. The lowest BCUT2D eigenvalue weighted by atomic mass is 10.2. The Balaban J connectivity index is 1.64. The summed E-state index contributed by atoms with van der Waals surface area (Å²) in [5.74, 6) is 3.27. The number of hydrogen-bond donors (Lipinski definition) is 2. The zero-order valence-corrected chi connectivity index (χ0v) is 16.8. The van der Waals surface area contributed by atoms with Crippen LogP contribution in [0.15, 0.2) is 29.3 Å². The smallest absolute Gasteiger partial charge is 0.191 e. The van der Waals surface area contributed by atoms with E-state index in [0.717, 1.165) is 45.2 Å². The molecule has 1 aliphatic rings. The van der Waals surface area contributed by atoms with Crippen LogP contribution in [0.2, 0.25) is 0 Å². The molecule has 6 nitrogen and oxygen atoms in total. The Hall–Kier alpha value is -1.44. The van der Waals surface area contributed by atoms with Crippen LogP contribution in [0.1, 0.15) is 12.0 Å². The van der Waals surface area contributed by atoms with Crippen LogP contribution in [0.25, 0.3) is 0 Å². The van der Waals surface area contributed by atoms with Crippen molar-refractivity contribution in [1.82, 2.24) is 10.6 Å². The van der Waals surface area contributed by atoms with E-state index in [2.05, 4.69) is 44.8 Å². The van der Waals surface area contributed by atoms with Gasteiger partial charge >= 0.3 is 0 Å². The molecule has 2 N–H and O–H groups in total. The second-order valence-electron chi connectivity index (χ2n) is 6.08. The van der Waals surface area contributed by atoms with E-state index in [0.29, 0.717) is 13.2 Å². The Bertz CT molecular complexity index is 519. The minimum atomic E-state index is 0.645. The predicted molar refractivity (Wildman–Crippen MR) is 111 cm³/mol. The molecule has 1 saturated heterocycles. The quantitative estimate of drug-likeness (QED) is 0.368. The first kappa shape index (κ1) is 20.9. The molecule has 0 bridgehead atoms.